The Labute approximate surface area is 138 Å². The van der Waals surface area contributed by atoms with E-state index in [1.165, 1.54) is 4.90 Å². The first-order chi connectivity index (χ1) is 11.1. The number of carbonyl (C=O) groups excluding carboxylic acids is 2. The Morgan fingerprint density at radius 3 is 2.87 bits per heavy atom. The van der Waals surface area contributed by atoms with E-state index in [1.807, 2.05) is 38.1 Å². The number of anilines is 1. The minimum atomic E-state index is -0.0888. The summed E-state index contributed by atoms with van der Waals surface area (Å²) in [5.41, 5.74) is 1.93. The average Bonchev–Trinajstić information content (AvgIpc) is 2.56. The van der Waals surface area contributed by atoms with Crippen LogP contribution in [0.15, 0.2) is 24.3 Å². The summed E-state index contributed by atoms with van der Waals surface area (Å²) in [5, 5.41) is 2.96. The van der Waals surface area contributed by atoms with Gasteiger partial charge in [0.05, 0.1) is 32.7 Å². The van der Waals surface area contributed by atoms with Gasteiger partial charge in [-0.1, -0.05) is 18.2 Å². The molecule has 2 atom stereocenters. The number of amides is 1. The normalized spacial score (nSPS) is 20.8. The summed E-state index contributed by atoms with van der Waals surface area (Å²) in [6, 6.07) is 7.77. The quantitative estimate of drug-likeness (QED) is 0.774. The number of hydrogen-bond acceptors (Lipinski definition) is 3. The van der Waals surface area contributed by atoms with Crippen molar-refractivity contribution in [1.29, 1.82) is 0 Å². The molecule has 2 N–H and O–H groups in total. The molecule has 1 heterocycles. The highest BCUT2D eigenvalue weighted by molar-refractivity contribution is 5.91. The Kier molecular flexibility index (Phi) is 6.59. The second-order valence-corrected chi connectivity index (χ2v) is 6.16. The van der Waals surface area contributed by atoms with E-state index in [2.05, 4.69) is 5.32 Å². The van der Waals surface area contributed by atoms with E-state index in [0.29, 0.717) is 13.0 Å². The van der Waals surface area contributed by atoms with Crippen molar-refractivity contribution in [3.63, 3.8) is 0 Å². The lowest BCUT2D eigenvalue weighted by Crippen LogP contribution is -3.13. The summed E-state index contributed by atoms with van der Waals surface area (Å²) < 4.78 is 5.12. The molecule has 1 amide bonds. The van der Waals surface area contributed by atoms with Crippen LogP contribution in [0.1, 0.15) is 31.7 Å². The lowest BCUT2D eigenvalue weighted by atomic mass is 9.98. The molecule has 23 heavy (non-hydrogen) atoms. The highest BCUT2D eigenvalue weighted by atomic mass is 16.5. The van der Waals surface area contributed by atoms with Crippen molar-refractivity contribution >= 4 is 17.6 Å². The number of nitrogens with one attached hydrogen (secondary N) is 2. The molecule has 0 spiro atoms. The van der Waals surface area contributed by atoms with E-state index in [0.717, 1.165) is 43.7 Å². The molecule has 1 saturated heterocycles. The van der Waals surface area contributed by atoms with Gasteiger partial charge in [0.25, 0.3) is 0 Å². The van der Waals surface area contributed by atoms with Crippen LogP contribution in [-0.2, 0) is 14.3 Å². The second-order valence-electron chi connectivity index (χ2n) is 6.16. The molecule has 1 aromatic carbocycles. The van der Waals surface area contributed by atoms with Crippen LogP contribution in [0.2, 0.25) is 0 Å². The zero-order valence-corrected chi connectivity index (χ0v) is 14.1. The molecule has 5 nitrogen and oxygen atoms in total. The fourth-order valence-electron chi connectivity index (χ4n) is 3.06. The number of likely N-dealkylation sites (tertiary alicyclic amines) is 1. The average molecular weight is 319 g/mol. The molecule has 1 aromatic rings. The lowest BCUT2D eigenvalue weighted by molar-refractivity contribution is -0.906. The number of hydrogen-bond donors (Lipinski definition) is 2. The van der Waals surface area contributed by atoms with Gasteiger partial charge in [-0.25, -0.2) is 0 Å². The van der Waals surface area contributed by atoms with Gasteiger partial charge in [0.2, 0.25) is 5.91 Å². The van der Waals surface area contributed by atoms with Crippen LogP contribution in [0.25, 0.3) is 0 Å². The van der Waals surface area contributed by atoms with Crippen LogP contribution in [0, 0.1) is 12.8 Å². The second kappa shape index (κ2) is 8.67. The van der Waals surface area contributed by atoms with Gasteiger partial charge in [-0.3, -0.25) is 9.59 Å². The Bertz CT molecular complexity index is 545. The SMILES string of the molecule is CCOC(=O)C1CCC[NH+](CCC(=O)Nc2ccccc2C)C1. The number of carbonyl (C=O) groups is 2. The van der Waals surface area contributed by atoms with E-state index in [9.17, 15) is 9.59 Å². The van der Waals surface area contributed by atoms with Crippen molar-refractivity contribution < 1.29 is 19.2 Å². The smallest absolute Gasteiger partial charge is 0.314 e. The number of benzene rings is 1. The number of ether oxygens (including phenoxy) is 1. The van der Waals surface area contributed by atoms with Crippen LogP contribution in [0.5, 0.6) is 0 Å². The van der Waals surface area contributed by atoms with Crippen molar-refractivity contribution in [3.05, 3.63) is 29.8 Å². The van der Waals surface area contributed by atoms with Crippen molar-refractivity contribution in [2.24, 2.45) is 5.92 Å². The number of quaternary nitrogens is 1. The molecule has 0 bridgehead atoms. The van der Waals surface area contributed by atoms with Crippen LogP contribution in [0.4, 0.5) is 5.69 Å². The predicted molar refractivity (Wildman–Crippen MR) is 89.3 cm³/mol. The Balaban J connectivity index is 1.77. The number of aryl methyl sites for hydroxylation is 1. The van der Waals surface area contributed by atoms with E-state index in [1.54, 1.807) is 0 Å². The zero-order chi connectivity index (χ0) is 16.7. The summed E-state index contributed by atoms with van der Waals surface area (Å²) >= 11 is 0. The van der Waals surface area contributed by atoms with Crippen molar-refractivity contribution in [2.45, 2.75) is 33.1 Å². The van der Waals surface area contributed by atoms with Gasteiger partial charge in [-0.05, 0) is 38.3 Å². The lowest BCUT2D eigenvalue weighted by Gasteiger charge is -2.28. The molecule has 0 aromatic heterocycles. The molecule has 5 heteroatoms. The molecular formula is C18H27N2O3+. The summed E-state index contributed by atoms with van der Waals surface area (Å²) in [5.74, 6) is -0.0720. The zero-order valence-electron chi connectivity index (χ0n) is 14.1. The molecule has 0 radical (unpaired) electrons. The van der Waals surface area contributed by atoms with E-state index >= 15 is 0 Å². The van der Waals surface area contributed by atoms with E-state index in [4.69, 9.17) is 4.74 Å². The summed E-state index contributed by atoms with van der Waals surface area (Å²) in [4.78, 5) is 25.3. The van der Waals surface area contributed by atoms with E-state index < -0.39 is 0 Å². The summed E-state index contributed by atoms with van der Waals surface area (Å²) in [7, 11) is 0. The molecule has 126 valence electrons. The third kappa shape index (κ3) is 5.36. The molecule has 2 rings (SSSR count). The van der Waals surface area contributed by atoms with E-state index in [-0.39, 0.29) is 17.8 Å². The third-order valence-corrected chi connectivity index (χ3v) is 4.36. The fraction of sp³-hybridized carbons (Fsp3) is 0.556. The maximum Gasteiger partial charge on any atom is 0.314 e. The number of esters is 1. The minimum absolute atomic E-state index is 0.0156. The number of rotatable bonds is 6. The minimum Gasteiger partial charge on any atom is -0.466 e. The topological polar surface area (TPSA) is 59.8 Å². The van der Waals surface area contributed by atoms with Gasteiger partial charge in [0, 0.05) is 5.69 Å². The van der Waals surface area contributed by atoms with Crippen LogP contribution in [0.3, 0.4) is 0 Å². The predicted octanol–water partition coefficient (Wildman–Crippen LogP) is 1.18. The highest BCUT2D eigenvalue weighted by Gasteiger charge is 2.29. The molecule has 1 fully saturated rings. The first-order valence-corrected chi connectivity index (χ1v) is 8.45. The Morgan fingerprint density at radius 2 is 2.13 bits per heavy atom. The molecular weight excluding hydrogens is 292 g/mol. The standard InChI is InChI=1S/C18H26N2O3/c1-3-23-18(22)15-8-6-11-20(13-15)12-10-17(21)19-16-9-5-4-7-14(16)2/h4-5,7,9,15H,3,6,8,10-13H2,1-2H3,(H,19,21)/p+1. The maximum absolute atomic E-state index is 12.1. The Morgan fingerprint density at radius 1 is 1.35 bits per heavy atom. The molecule has 1 aliphatic rings. The summed E-state index contributed by atoms with van der Waals surface area (Å²) in [6.07, 6.45) is 2.38. The van der Waals surface area contributed by atoms with Gasteiger partial charge in [0.1, 0.15) is 5.92 Å². The largest absolute Gasteiger partial charge is 0.466 e. The van der Waals surface area contributed by atoms with Crippen molar-refractivity contribution in [1.82, 2.24) is 0 Å². The first kappa shape index (κ1) is 17.5. The maximum atomic E-state index is 12.1. The van der Waals surface area contributed by atoms with Gasteiger partial charge in [-0.15, -0.1) is 0 Å². The van der Waals surface area contributed by atoms with Gasteiger partial charge < -0.3 is 15.0 Å². The summed E-state index contributed by atoms with van der Waals surface area (Å²) in [6.45, 7) is 6.80. The van der Waals surface area contributed by atoms with Crippen LogP contribution < -0.4 is 10.2 Å². The van der Waals surface area contributed by atoms with Gasteiger partial charge >= 0.3 is 5.97 Å². The number of piperidine rings is 1. The van der Waals surface area contributed by atoms with Crippen LogP contribution >= 0.6 is 0 Å². The fourth-order valence-corrected chi connectivity index (χ4v) is 3.06. The Hall–Kier alpha value is -1.88. The molecule has 2 unspecified atom stereocenters. The molecule has 1 aliphatic heterocycles. The van der Waals surface area contributed by atoms with Crippen molar-refractivity contribution in [2.75, 3.05) is 31.6 Å². The van der Waals surface area contributed by atoms with Crippen molar-refractivity contribution in [3.8, 4) is 0 Å². The highest BCUT2D eigenvalue weighted by Crippen LogP contribution is 2.13. The third-order valence-electron chi connectivity index (χ3n) is 4.36. The van der Waals surface area contributed by atoms with Gasteiger partial charge in [-0.2, -0.15) is 0 Å². The van der Waals surface area contributed by atoms with Crippen LogP contribution in [-0.4, -0.2) is 38.1 Å². The molecule has 0 saturated carbocycles. The van der Waals surface area contributed by atoms with Gasteiger partial charge in [0.15, 0.2) is 0 Å². The first-order valence-electron chi connectivity index (χ1n) is 8.45. The monoisotopic (exact) mass is 319 g/mol. The molecule has 0 aliphatic carbocycles. The number of para-hydroxylation sites is 1.